The van der Waals surface area contributed by atoms with Crippen LogP contribution in [0.2, 0.25) is 0 Å². The van der Waals surface area contributed by atoms with Gasteiger partial charge in [0.15, 0.2) is 0 Å². The molecule has 0 fully saturated rings. The molecule has 1 aromatic heterocycles. The minimum atomic E-state index is -4.66. The Bertz CT molecular complexity index is 1170. The number of alkyl halides is 3. The van der Waals surface area contributed by atoms with Gasteiger partial charge in [-0.1, -0.05) is 42.5 Å². The lowest BCUT2D eigenvalue weighted by Gasteiger charge is -2.14. The lowest BCUT2D eigenvalue weighted by Crippen LogP contribution is -2.32. The number of anilines is 2. The molecule has 3 rings (SSSR count). The summed E-state index contributed by atoms with van der Waals surface area (Å²) in [5.74, 6) is -1.39. The second-order valence-electron chi connectivity index (χ2n) is 6.54. The minimum absolute atomic E-state index is 0.107. The summed E-state index contributed by atoms with van der Waals surface area (Å²) in [6.07, 6.45) is -4.66. The van der Waals surface area contributed by atoms with Crippen LogP contribution in [0.1, 0.15) is 12.5 Å². The molecule has 0 bridgehead atoms. The summed E-state index contributed by atoms with van der Waals surface area (Å²) in [5, 5.41) is 8.68. The summed E-state index contributed by atoms with van der Waals surface area (Å²) in [4.78, 5) is 36.5. The van der Waals surface area contributed by atoms with Crippen LogP contribution in [0, 0.1) is 0 Å². The van der Waals surface area contributed by atoms with Crippen LogP contribution in [0.3, 0.4) is 0 Å². The van der Waals surface area contributed by atoms with Gasteiger partial charge in [0, 0.05) is 12.5 Å². The van der Waals surface area contributed by atoms with Gasteiger partial charge < -0.3 is 10.6 Å². The van der Waals surface area contributed by atoms with Crippen molar-refractivity contribution >= 4 is 23.2 Å². The Morgan fingerprint density at radius 3 is 2.26 bits per heavy atom. The largest absolute Gasteiger partial charge is 0.418 e. The number of aromatic nitrogens is 2. The fourth-order valence-electron chi connectivity index (χ4n) is 2.84. The van der Waals surface area contributed by atoms with E-state index < -0.39 is 41.3 Å². The molecule has 0 spiro atoms. The number of carbonyl (C=O) groups is 2. The number of nitrogens with zero attached hydrogens (tertiary/aromatic N) is 2. The summed E-state index contributed by atoms with van der Waals surface area (Å²) in [5.41, 5.74) is -1.41. The van der Waals surface area contributed by atoms with Gasteiger partial charge in [-0.15, -0.1) is 0 Å². The van der Waals surface area contributed by atoms with Gasteiger partial charge in [0.1, 0.15) is 12.2 Å². The van der Waals surface area contributed by atoms with Crippen molar-refractivity contribution in [1.29, 1.82) is 0 Å². The third kappa shape index (κ3) is 5.35. The van der Waals surface area contributed by atoms with Crippen LogP contribution in [0.5, 0.6) is 0 Å². The molecule has 0 radical (unpaired) electrons. The van der Waals surface area contributed by atoms with Crippen LogP contribution >= 0.6 is 0 Å². The monoisotopic (exact) mass is 430 g/mol. The zero-order valence-electron chi connectivity index (χ0n) is 16.2. The van der Waals surface area contributed by atoms with Crippen molar-refractivity contribution in [2.45, 2.75) is 19.6 Å². The first-order valence-electron chi connectivity index (χ1n) is 9.06. The Kier molecular flexibility index (Phi) is 6.19. The first-order chi connectivity index (χ1) is 14.6. The van der Waals surface area contributed by atoms with E-state index in [1.54, 1.807) is 30.3 Å². The van der Waals surface area contributed by atoms with Crippen molar-refractivity contribution in [1.82, 2.24) is 9.78 Å². The van der Waals surface area contributed by atoms with Crippen molar-refractivity contribution in [3.8, 4) is 11.3 Å². The Balaban J connectivity index is 1.95. The fraction of sp³-hybridized carbons (Fsp3) is 0.143. The molecule has 160 valence electrons. The molecule has 0 aliphatic carbocycles. The second-order valence-corrected chi connectivity index (χ2v) is 6.54. The standard InChI is InChI=1S/C21H17F3N4O3/c1-13(29)25-18-11-17(14-7-3-2-4-8-14)27-28(20(18)31)12-19(30)26-16-10-6-5-9-15(16)21(22,23)24/h2-11H,12H2,1H3,(H,25,29)(H,26,30). The lowest BCUT2D eigenvalue weighted by atomic mass is 10.1. The molecular formula is C21H17F3N4O3. The summed E-state index contributed by atoms with van der Waals surface area (Å²) >= 11 is 0. The average molecular weight is 430 g/mol. The second kappa shape index (κ2) is 8.82. The van der Waals surface area contributed by atoms with Crippen molar-refractivity contribution in [2.24, 2.45) is 0 Å². The van der Waals surface area contributed by atoms with Gasteiger partial charge in [-0.3, -0.25) is 14.4 Å². The van der Waals surface area contributed by atoms with Crippen LogP contribution < -0.4 is 16.2 Å². The number of amides is 2. The molecule has 2 aromatic carbocycles. The number of hydrogen-bond donors (Lipinski definition) is 2. The van der Waals surface area contributed by atoms with Crippen LogP contribution in [0.4, 0.5) is 24.5 Å². The quantitative estimate of drug-likeness (QED) is 0.648. The Hall–Kier alpha value is -3.95. The van der Waals surface area contributed by atoms with E-state index in [1.165, 1.54) is 25.1 Å². The van der Waals surface area contributed by atoms with Gasteiger partial charge in [-0.25, -0.2) is 4.68 Å². The van der Waals surface area contributed by atoms with Crippen molar-refractivity contribution in [3.63, 3.8) is 0 Å². The molecular weight excluding hydrogens is 413 g/mol. The third-order valence-electron chi connectivity index (χ3n) is 4.15. The van der Waals surface area contributed by atoms with Crippen molar-refractivity contribution < 1.29 is 22.8 Å². The van der Waals surface area contributed by atoms with Gasteiger partial charge in [-0.05, 0) is 18.2 Å². The van der Waals surface area contributed by atoms with Crippen LogP contribution in [0.15, 0.2) is 65.5 Å². The predicted molar refractivity (Wildman–Crippen MR) is 108 cm³/mol. The highest BCUT2D eigenvalue weighted by atomic mass is 19.4. The zero-order chi connectivity index (χ0) is 22.6. The smallest absolute Gasteiger partial charge is 0.324 e. The van der Waals surface area contributed by atoms with Crippen LogP contribution in [0.25, 0.3) is 11.3 Å². The maximum atomic E-state index is 13.1. The topological polar surface area (TPSA) is 93.1 Å². The molecule has 0 saturated heterocycles. The first-order valence-corrected chi connectivity index (χ1v) is 9.06. The summed E-state index contributed by atoms with van der Waals surface area (Å²) in [6.45, 7) is 0.561. The van der Waals surface area contributed by atoms with E-state index >= 15 is 0 Å². The summed E-state index contributed by atoms with van der Waals surface area (Å²) in [6, 6.07) is 14.6. The number of benzene rings is 2. The maximum Gasteiger partial charge on any atom is 0.418 e. The molecule has 0 unspecified atom stereocenters. The molecule has 2 amide bonds. The van der Waals surface area contributed by atoms with Crippen molar-refractivity contribution in [2.75, 3.05) is 10.6 Å². The van der Waals surface area contributed by atoms with E-state index in [2.05, 4.69) is 15.7 Å². The van der Waals surface area contributed by atoms with E-state index in [9.17, 15) is 27.6 Å². The third-order valence-corrected chi connectivity index (χ3v) is 4.15. The van der Waals surface area contributed by atoms with E-state index in [0.29, 0.717) is 11.3 Å². The average Bonchev–Trinajstić information content (AvgIpc) is 2.70. The molecule has 1 heterocycles. The molecule has 0 saturated carbocycles. The molecule has 0 atom stereocenters. The van der Waals surface area contributed by atoms with E-state index in [4.69, 9.17) is 0 Å². The summed E-state index contributed by atoms with van der Waals surface area (Å²) < 4.78 is 40.2. The predicted octanol–water partition coefficient (Wildman–Crippen LogP) is 3.53. The molecule has 31 heavy (non-hydrogen) atoms. The Labute approximate surface area is 174 Å². The maximum absolute atomic E-state index is 13.1. The Morgan fingerprint density at radius 2 is 1.61 bits per heavy atom. The number of carbonyl (C=O) groups excluding carboxylic acids is 2. The summed E-state index contributed by atoms with van der Waals surface area (Å²) in [7, 11) is 0. The lowest BCUT2D eigenvalue weighted by molar-refractivity contribution is -0.137. The molecule has 7 nitrogen and oxygen atoms in total. The highest BCUT2D eigenvalue weighted by Gasteiger charge is 2.33. The van der Waals surface area contributed by atoms with E-state index in [-0.39, 0.29) is 5.69 Å². The van der Waals surface area contributed by atoms with Crippen LogP contribution in [-0.2, 0) is 22.3 Å². The number of hydrogen-bond acceptors (Lipinski definition) is 4. The van der Waals surface area contributed by atoms with Crippen molar-refractivity contribution in [3.05, 3.63) is 76.6 Å². The highest BCUT2D eigenvalue weighted by molar-refractivity contribution is 5.92. The number of rotatable bonds is 5. The molecule has 3 aromatic rings. The van der Waals surface area contributed by atoms with E-state index in [0.717, 1.165) is 16.8 Å². The van der Waals surface area contributed by atoms with Gasteiger partial charge in [0.2, 0.25) is 11.8 Å². The number of nitrogens with one attached hydrogen (secondary N) is 2. The molecule has 10 heteroatoms. The fourth-order valence-corrected chi connectivity index (χ4v) is 2.84. The number of para-hydroxylation sites is 1. The number of halogens is 3. The SMILES string of the molecule is CC(=O)Nc1cc(-c2ccccc2)nn(CC(=O)Nc2ccccc2C(F)(F)F)c1=O. The minimum Gasteiger partial charge on any atom is -0.324 e. The van der Waals surface area contributed by atoms with Gasteiger partial charge in [0.05, 0.1) is 16.9 Å². The van der Waals surface area contributed by atoms with Gasteiger partial charge in [-0.2, -0.15) is 18.3 Å². The zero-order valence-corrected chi connectivity index (χ0v) is 16.2. The van der Waals surface area contributed by atoms with Gasteiger partial charge >= 0.3 is 6.18 Å². The van der Waals surface area contributed by atoms with Crippen LogP contribution in [-0.4, -0.2) is 21.6 Å². The molecule has 0 aliphatic heterocycles. The van der Waals surface area contributed by atoms with E-state index in [1.807, 2.05) is 0 Å². The molecule has 2 N–H and O–H groups in total. The Morgan fingerprint density at radius 1 is 0.968 bits per heavy atom. The first kappa shape index (κ1) is 21.8. The molecule has 0 aliphatic rings. The highest BCUT2D eigenvalue weighted by Crippen LogP contribution is 2.34. The normalized spacial score (nSPS) is 11.1. The van der Waals surface area contributed by atoms with Gasteiger partial charge in [0.25, 0.3) is 5.56 Å².